The van der Waals surface area contributed by atoms with Crippen molar-refractivity contribution in [2.24, 2.45) is 10.9 Å². The van der Waals surface area contributed by atoms with E-state index < -0.39 is 12.8 Å². The van der Waals surface area contributed by atoms with E-state index in [9.17, 15) is 13.2 Å². The first-order valence-electron chi connectivity index (χ1n) is 9.09. The van der Waals surface area contributed by atoms with Crippen LogP contribution in [0, 0.1) is 12.8 Å². The molecule has 1 aromatic rings. The van der Waals surface area contributed by atoms with E-state index in [1.807, 2.05) is 13.0 Å². The maximum Gasteiger partial charge on any atom is 0.422 e. The highest BCUT2D eigenvalue weighted by molar-refractivity contribution is 5.79. The molecule has 2 N–H and O–H groups in total. The topological polar surface area (TPSA) is 48.9 Å². The van der Waals surface area contributed by atoms with Gasteiger partial charge in [0.15, 0.2) is 12.6 Å². The van der Waals surface area contributed by atoms with Crippen molar-refractivity contribution in [1.29, 1.82) is 0 Å². The van der Waals surface area contributed by atoms with Gasteiger partial charge >= 0.3 is 6.18 Å². The molecule has 8 heteroatoms. The molecule has 0 radical (unpaired) electrons. The second kappa shape index (κ2) is 9.30. The van der Waals surface area contributed by atoms with Crippen LogP contribution in [0.2, 0.25) is 0 Å². The fourth-order valence-electron chi connectivity index (χ4n) is 2.95. The average molecular weight is 386 g/mol. The van der Waals surface area contributed by atoms with Gasteiger partial charge in [-0.2, -0.15) is 13.2 Å². The number of guanidine groups is 1. The molecule has 0 aromatic heterocycles. The first-order valence-corrected chi connectivity index (χ1v) is 9.09. The molecule has 2 rings (SSSR count). The lowest BCUT2D eigenvalue weighted by Crippen LogP contribution is -2.45. The number of hydrogen-bond acceptors (Lipinski definition) is 3. The Labute approximate surface area is 159 Å². The van der Waals surface area contributed by atoms with Gasteiger partial charge in [-0.15, -0.1) is 0 Å². The van der Waals surface area contributed by atoms with Crippen LogP contribution >= 0.6 is 0 Å². The van der Waals surface area contributed by atoms with E-state index in [2.05, 4.69) is 34.6 Å². The Morgan fingerprint density at radius 3 is 2.56 bits per heavy atom. The number of hydrogen-bond donors (Lipinski definition) is 2. The lowest BCUT2D eigenvalue weighted by atomic mass is 10.1. The highest BCUT2D eigenvalue weighted by Crippen LogP contribution is 2.34. The monoisotopic (exact) mass is 386 g/mol. The van der Waals surface area contributed by atoms with Crippen molar-refractivity contribution in [3.05, 3.63) is 29.3 Å². The van der Waals surface area contributed by atoms with Crippen LogP contribution < -0.4 is 15.4 Å². The molecule has 0 heterocycles. The zero-order valence-electron chi connectivity index (χ0n) is 16.4. The summed E-state index contributed by atoms with van der Waals surface area (Å²) in [4.78, 5) is 6.41. The van der Waals surface area contributed by atoms with Gasteiger partial charge in [-0.25, -0.2) is 0 Å². The molecule has 1 aliphatic rings. The molecule has 1 aliphatic carbocycles. The average Bonchev–Trinajstić information content (AvgIpc) is 3.41. The maximum absolute atomic E-state index is 12.5. The number of nitrogens with one attached hydrogen (secondary N) is 2. The van der Waals surface area contributed by atoms with E-state index in [1.165, 1.54) is 12.8 Å². The summed E-state index contributed by atoms with van der Waals surface area (Å²) in [5.74, 6) is 1.56. The van der Waals surface area contributed by atoms with Gasteiger partial charge in [0.05, 0.1) is 0 Å². The minimum absolute atomic E-state index is 0.236. The van der Waals surface area contributed by atoms with Crippen molar-refractivity contribution in [1.82, 2.24) is 15.5 Å². The lowest BCUT2D eigenvalue weighted by molar-refractivity contribution is -0.153. The zero-order chi connectivity index (χ0) is 20.0. The first kappa shape index (κ1) is 21.3. The predicted octanol–water partition coefficient (Wildman–Crippen LogP) is 2.94. The molecule has 1 fully saturated rings. The van der Waals surface area contributed by atoms with Crippen molar-refractivity contribution in [3.63, 3.8) is 0 Å². The molecular formula is C19H29F3N4O. The van der Waals surface area contributed by atoms with Crippen LogP contribution in [0.25, 0.3) is 0 Å². The quantitative estimate of drug-likeness (QED) is 0.533. The first-order chi connectivity index (χ1) is 12.7. The summed E-state index contributed by atoms with van der Waals surface area (Å²) in [5.41, 5.74) is 1.50. The van der Waals surface area contributed by atoms with Crippen LogP contribution in [0.5, 0.6) is 5.75 Å². The maximum atomic E-state index is 12.5. The van der Waals surface area contributed by atoms with Gasteiger partial charge in [0, 0.05) is 31.7 Å². The second-order valence-electron chi connectivity index (χ2n) is 7.19. The molecule has 1 atom stereocenters. The van der Waals surface area contributed by atoms with E-state index in [-0.39, 0.29) is 5.75 Å². The summed E-state index contributed by atoms with van der Waals surface area (Å²) < 4.78 is 42.4. The summed E-state index contributed by atoms with van der Waals surface area (Å²) in [7, 11) is 5.81. The largest absolute Gasteiger partial charge is 0.484 e. The molecule has 5 nitrogen and oxygen atoms in total. The third kappa shape index (κ3) is 7.28. The molecule has 0 bridgehead atoms. The number of aryl methyl sites for hydroxylation is 1. The molecule has 1 unspecified atom stereocenters. The third-order valence-corrected chi connectivity index (χ3v) is 4.59. The Kier molecular flexibility index (Phi) is 7.35. The predicted molar refractivity (Wildman–Crippen MR) is 101 cm³/mol. The van der Waals surface area contributed by atoms with Crippen molar-refractivity contribution in [3.8, 4) is 5.75 Å². The third-order valence-electron chi connectivity index (χ3n) is 4.59. The number of likely N-dealkylation sites (N-methyl/N-ethyl adjacent to an activating group) is 1. The number of nitrogens with zero attached hydrogens (tertiary/aromatic N) is 2. The van der Waals surface area contributed by atoms with Crippen molar-refractivity contribution < 1.29 is 17.9 Å². The molecule has 1 aromatic carbocycles. The number of aliphatic imine (C=N–C) groups is 1. The number of alkyl halides is 3. The van der Waals surface area contributed by atoms with E-state index in [0.717, 1.165) is 12.1 Å². The second-order valence-corrected chi connectivity index (χ2v) is 7.19. The van der Waals surface area contributed by atoms with Gasteiger partial charge in [-0.1, -0.05) is 12.1 Å². The van der Waals surface area contributed by atoms with E-state index >= 15 is 0 Å². The SMILES string of the molecule is CN=C(NCc1ccc(C)cc1OCC(F)(F)F)NCC(C1CC1)N(C)C. The van der Waals surface area contributed by atoms with Crippen LogP contribution in [0.3, 0.4) is 0 Å². The molecular weight excluding hydrogens is 357 g/mol. The number of ether oxygens (including phenoxy) is 1. The van der Waals surface area contributed by atoms with Crippen LogP contribution in [0.15, 0.2) is 23.2 Å². The van der Waals surface area contributed by atoms with E-state index in [4.69, 9.17) is 4.74 Å². The van der Waals surface area contributed by atoms with E-state index in [0.29, 0.717) is 30.0 Å². The highest BCUT2D eigenvalue weighted by Gasteiger charge is 2.32. The Bertz CT molecular complexity index is 640. The molecule has 152 valence electrons. The van der Waals surface area contributed by atoms with Crippen LogP contribution in [0.4, 0.5) is 13.2 Å². The minimum Gasteiger partial charge on any atom is -0.484 e. The molecule has 0 amide bonds. The Morgan fingerprint density at radius 2 is 2.00 bits per heavy atom. The summed E-state index contributed by atoms with van der Waals surface area (Å²) in [6.07, 6.45) is -1.87. The zero-order valence-corrected chi connectivity index (χ0v) is 16.4. The van der Waals surface area contributed by atoms with Crippen LogP contribution in [0.1, 0.15) is 24.0 Å². The van der Waals surface area contributed by atoms with Gasteiger partial charge in [-0.05, 0) is 51.4 Å². The number of rotatable bonds is 8. The lowest BCUT2D eigenvalue weighted by Gasteiger charge is -2.25. The molecule has 0 aliphatic heterocycles. The van der Waals surface area contributed by atoms with Crippen molar-refractivity contribution in [2.45, 2.75) is 38.5 Å². The van der Waals surface area contributed by atoms with Gasteiger partial charge in [-0.3, -0.25) is 4.99 Å². The molecule has 0 saturated heterocycles. The summed E-state index contributed by atoms with van der Waals surface area (Å²) in [6.45, 7) is 1.60. The van der Waals surface area contributed by atoms with Crippen molar-refractivity contribution in [2.75, 3.05) is 34.3 Å². The highest BCUT2D eigenvalue weighted by atomic mass is 19.4. The fourth-order valence-corrected chi connectivity index (χ4v) is 2.95. The fraction of sp³-hybridized carbons (Fsp3) is 0.632. The summed E-state index contributed by atoms with van der Waals surface area (Å²) in [5, 5.41) is 6.46. The van der Waals surface area contributed by atoms with Gasteiger partial charge in [0.1, 0.15) is 5.75 Å². The summed E-state index contributed by atoms with van der Waals surface area (Å²) in [6, 6.07) is 5.68. The van der Waals surface area contributed by atoms with Gasteiger partial charge in [0.2, 0.25) is 0 Å². The molecule has 1 saturated carbocycles. The summed E-state index contributed by atoms with van der Waals surface area (Å²) >= 11 is 0. The standard InChI is InChI=1S/C19H29F3N4O/c1-13-5-6-15(17(9-13)27-12-19(20,21)22)10-24-18(23-2)25-11-16(26(3)4)14-7-8-14/h5-6,9,14,16H,7-8,10-12H2,1-4H3,(H2,23,24,25). The Morgan fingerprint density at radius 1 is 1.30 bits per heavy atom. The van der Waals surface area contributed by atoms with E-state index in [1.54, 1.807) is 19.2 Å². The van der Waals surface area contributed by atoms with Crippen LogP contribution in [-0.4, -0.2) is 57.4 Å². The van der Waals surface area contributed by atoms with Gasteiger partial charge in [0.25, 0.3) is 0 Å². The van der Waals surface area contributed by atoms with Crippen molar-refractivity contribution >= 4 is 5.96 Å². The van der Waals surface area contributed by atoms with Crippen LogP contribution in [-0.2, 0) is 6.54 Å². The normalized spacial score (nSPS) is 16.4. The smallest absolute Gasteiger partial charge is 0.422 e. The van der Waals surface area contributed by atoms with Gasteiger partial charge < -0.3 is 20.3 Å². The Hall–Kier alpha value is -1.96. The Balaban J connectivity index is 1.93. The molecule has 0 spiro atoms. The number of halogens is 3. The number of benzene rings is 1. The molecule has 27 heavy (non-hydrogen) atoms. The minimum atomic E-state index is -4.37.